The number of aliphatic hydroxyl groups is 3. The Hall–Kier alpha value is -2.16. The number of hydrogen-bond donors (Lipinski definition) is 3. The maximum absolute atomic E-state index is 15.6. The third kappa shape index (κ3) is 6.62. The van der Waals surface area contributed by atoms with Gasteiger partial charge in [0.05, 0.1) is 26.4 Å². The van der Waals surface area contributed by atoms with Gasteiger partial charge >= 0.3 is 0 Å². The average molecular weight is 607 g/mol. The van der Waals surface area contributed by atoms with Gasteiger partial charge in [0.25, 0.3) is 0 Å². The zero-order chi connectivity index (χ0) is 30.8. The average Bonchev–Trinajstić information content (AvgIpc) is 2.99. The van der Waals surface area contributed by atoms with E-state index in [0.717, 1.165) is 51.4 Å². The van der Waals surface area contributed by atoms with E-state index in [2.05, 4.69) is 0 Å². The molecule has 0 aliphatic heterocycles. The molecule has 4 saturated carbocycles. The van der Waals surface area contributed by atoms with Gasteiger partial charge in [0, 0.05) is 16.5 Å². The predicted octanol–water partition coefficient (Wildman–Crippen LogP) is 7.70. The summed E-state index contributed by atoms with van der Waals surface area (Å²) in [4.78, 5) is 0. The standard InChI is InChI=1S/C35H46F4O4/c1-22(6-4-2-3-5-11-34(19-40,20-41)21-42)18-43-29-10-8-27(31(37)33(29)39)26-7-9-28(32(38)30(26)36)35-15-23-12-24(16-35)14-25(13-23)17-35/h7-10,22-25,40-42H,2-6,11-21H2,1H3/t22-,23?,24?,25?,35?/m0/s1. The van der Waals surface area contributed by atoms with Gasteiger partial charge in [-0.05, 0) is 98.1 Å². The topological polar surface area (TPSA) is 69.9 Å². The summed E-state index contributed by atoms with van der Waals surface area (Å²) < 4.78 is 66.9. The molecule has 0 amide bonds. The molecule has 4 nitrogen and oxygen atoms in total. The van der Waals surface area contributed by atoms with E-state index in [1.165, 1.54) is 37.5 Å². The van der Waals surface area contributed by atoms with E-state index in [0.29, 0.717) is 29.7 Å². The molecule has 0 radical (unpaired) electrons. The number of aliphatic hydroxyl groups excluding tert-OH is 3. The Balaban J connectivity index is 1.16. The van der Waals surface area contributed by atoms with E-state index < -0.39 is 28.7 Å². The third-order valence-corrected chi connectivity index (χ3v) is 10.7. The summed E-state index contributed by atoms with van der Waals surface area (Å²) in [5.74, 6) is -2.99. The van der Waals surface area contributed by atoms with Gasteiger partial charge in [-0.3, -0.25) is 0 Å². The van der Waals surface area contributed by atoms with Crippen LogP contribution >= 0.6 is 0 Å². The first-order valence-corrected chi connectivity index (χ1v) is 16.1. The minimum Gasteiger partial charge on any atom is -0.490 e. The van der Waals surface area contributed by atoms with Gasteiger partial charge in [-0.25, -0.2) is 13.2 Å². The normalized spacial score (nSPS) is 25.3. The molecular formula is C35H46F4O4. The highest BCUT2D eigenvalue weighted by Crippen LogP contribution is 2.61. The van der Waals surface area contributed by atoms with Gasteiger partial charge in [0.2, 0.25) is 5.82 Å². The van der Waals surface area contributed by atoms with E-state index in [9.17, 15) is 15.3 Å². The third-order valence-electron chi connectivity index (χ3n) is 10.7. The van der Waals surface area contributed by atoms with Crippen LogP contribution in [0.3, 0.4) is 0 Å². The Morgan fingerprint density at radius 2 is 1.28 bits per heavy atom. The predicted molar refractivity (Wildman–Crippen MR) is 158 cm³/mol. The summed E-state index contributed by atoms with van der Waals surface area (Å²) in [6, 6.07) is 5.54. The van der Waals surface area contributed by atoms with E-state index in [1.54, 1.807) is 6.07 Å². The first kappa shape index (κ1) is 32.2. The maximum atomic E-state index is 15.6. The lowest BCUT2D eigenvalue weighted by atomic mass is 9.48. The Labute approximate surface area is 252 Å². The van der Waals surface area contributed by atoms with Crippen molar-refractivity contribution in [3.8, 4) is 16.9 Å². The van der Waals surface area contributed by atoms with E-state index in [4.69, 9.17) is 4.74 Å². The molecule has 3 N–H and O–H groups in total. The molecule has 4 bridgehead atoms. The van der Waals surface area contributed by atoms with Crippen LogP contribution in [0.15, 0.2) is 24.3 Å². The first-order chi connectivity index (χ1) is 20.6. The smallest absolute Gasteiger partial charge is 0.201 e. The lowest BCUT2D eigenvalue weighted by Crippen LogP contribution is -2.49. The van der Waals surface area contributed by atoms with Crippen molar-refractivity contribution in [2.24, 2.45) is 29.1 Å². The van der Waals surface area contributed by atoms with Crippen LogP contribution < -0.4 is 4.74 Å². The van der Waals surface area contributed by atoms with Crippen molar-refractivity contribution in [1.82, 2.24) is 0 Å². The second-order valence-electron chi connectivity index (χ2n) is 14.1. The molecule has 6 rings (SSSR count). The highest BCUT2D eigenvalue weighted by molar-refractivity contribution is 5.67. The monoisotopic (exact) mass is 606 g/mol. The molecule has 0 heterocycles. The van der Waals surface area contributed by atoms with Crippen LogP contribution in [-0.2, 0) is 5.41 Å². The molecule has 4 fully saturated rings. The summed E-state index contributed by atoms with van der Waals surface area (Å²) in [7, 11) is 0. The van der Waals surface area contributed by atoms with Gasteiger partial charge in [0.1, 0.15) is 0 Å². The molecule has 1 atom stereocenters. The number of halogens is 4. The molecule has 0 spiro atoms. The Kier molecular flexibility index (Phi) is 10.1. The number of unbranched alkanes of at least 4 members (excludes halogenated alkanes) is 3. The molecule has 43 heavy (non-hydrogen) atoms. The summed E-state index contributed by atoms with van der Waals surface area (Å²) in [6.45, 7) is 1.37. The summed E-state index contributed by atoms with van der Waals surface area (Å²) >= 11 is 0. The molecule has 2 aromatic rings. The number of ether oxygens (including phenoxy) is 1. The second-order valence-corrected chi connectivity index (χ2v) is 14.1. The van der Waals surface area contributed by atoms with Crippen LogP contribution in [0.5, 0.6) is 5.75 Å². The van der Waals surface area contributed by atoms with Crippen molar-refractivity contribution < 1.29 is 37.6 Å². The van der Waals surface area contributed by atoms with Gasteiger partial charge < -0.3 is 20.1 Å². The van der Waals surface area contributed by atoms with Crippen molar-refractivity contribution in [3.05, 3.63) is 53.1 Å². The molecule has 238 valence electrons. The Morgan fingerprint density at radius 1 is 0.744 bits per heavy atom. The highest BCUT2D eigenvalue weighted by atomic mass is 19.2. The van der Waals surface area contributed by atoms with Crippen LogP contribution in [0, 0.1) is 52.4 Å². The van der Waals surface area contributed by atoms with Crippen LogP contribution in [0.25, 0.3) is 11.1 Å². The summed E-state index contributed by atoms with van der Waals surface area (Å²) in [5, 5.41) is 28.2. The molecule has 4 aliphatic carbocycles. The molecule has 8 heteroatoms. The summed E-state index contributed by atoms with van der Waals surface area (Å²) in [5.41, 5.74) is -1.39. The zero-order valence-corrected chi connectivity index (χ0v) is 25.2. The van der Waals surface area contributed by atoms with Crippen LogP contribution in [-0.4, -0.2) is 41.7 Å². The van der Waals surface area contributed by atoms with Gasteiger partial charge in [0.15, 0.2) is 23.2 Å². The van der Waals surface area contributed by atoms with Crippen LogP contribution in [0.1, 0.15) is 89.5 Å². The Morgan fingerprint density at radius 3 is 1.86 bits per heavy atom. The van der Waals surface area contributed by atoms with Crippen molar-refractivity contribution in [3.63, 3.8) is 0 Å². The van der Waals surface area contributed by atoms with Crippen molar-refractivity contribution in [1.29, 1.82) is 0 Å². The van der Waals surface area contributed by atoms with Gasteiger partial charge in [-0.2, -0.15) is 4.39 Å². The summed E-state index contributed by atoms with van der Waals surface area (Å²) in [6.07, 6.45) is 11.0. The largest absolute Gasteiger partial charge is 0.490 e. The zero-order valence-electron chi connectivity index (χ0n) is 25.2. The minimum absolute atomic E-state index is 0.0808. The van der Waals surface area contributed by atoms with Crippen LogP contribution in [0.2, 0.25) is 0 Å². The molecule has 0 aromatic heterocycles. The lowest BCUT2D eigenvalue weighted by Gasteiger charge is -2.57. The maximum Gasteiger partial charge on any atom is 0.201 e. The fourth-order valence-corrected chi connectivity index (χ4v) is 8.51. The van der Waals surface area contributed by atoms with Crippen molar-refractivity contribution in [2.75, 3.05) is 26.4 Å². The molecule has 0 unspecified atom stereocenters. The van der Waals surface area contributed by atoms with Crippen LogP contribution in [0.4, 0.5) is 17.6 Å². The van der Waals surface area contributed by atoms with Gasteiger partial charge in [-0.1, -0.05) is 44.7 Å². The quantitative estimate of drug-likeness (QED) is 0.144. The molecule has 0 saturated heterocycles. The number of rotatable bonds is 15. The van der Waals surface area contributed by atoms with E-state index >= 15 is 17.6 Å². The van der Waals surface area contributed by atoms with Gasteiger partial charge in [-0.15, -0.1) is 0 Å². The van der Waals surface area contributed by atoms with E-state index in [1.807, 2.05) is 6.92 Å². The lowest BCUT2D eigenvalue weighted by molar-refractivity contribution is -0.00701. The van der Waals surface area contributed by atoms with Crippen molar-refractivity contribution in [2.45, 2.75) is 89.4 Å². The number of benzene rings is 2. The number of hydrogen-bond acceptors (Lipinski definition) is 4. The second kappa shape index (κ2) is 13.5. The minimum atomic E-state index is -1.25. The SMILES string of the molecule is C[C@@H](CCCCCCC(CO)(CO)CO)COc1ccc(-c2ccc(C34CC5CC(CC(C5)C3)C4)c(F)c2F)c(F)c1F. The molecule has 4 aliphatic rings. The highest BCUT2D eigenvalue weighted by Gasteiger charge is 2.52. The van der Waals surface area contributed by atoms with Crippen molar-refractivity contribution >= 4 is 0 Å². The fourth-order valence-electron chi connectivity index (χ4n) is 8.51. The Bertz CT molecular complexity index is 1220. The molecular weight excluding hydrogens is 560 g/mol. The van der Waals surface area contributed by atoms with E-state index in [-0.39, 0.29) is 54.6 Å². The first-order valence-electron chi connectivity index (χ1n) is 16.1. The fraction of sp³-hybridized carbons (Fsp3) is 0.657. The molecule has 2 aromatic carbocycles.